The molecule has 0 spiro atoms. The van der Waals surface area contributed by atoms with Crippen molar-refractivity contribution in [1.82, 2.24) is 0 Å². The van der Waals surface area contributed by atoms with E-state index in [1.54, 1.807) is 5.54 Å². The van der Waals surface area contributed by atoms with Gasteiger partial charge in [0, 0.05) is 5.54 Å². The number of hydrogen-bond donors (Lipinski definition) is 0. The molecule has 0 amide bonds. The van der Waals surface area contributed by atoms with Crippen LogP contribution in [0.4, 0.5) is 0 Å². The minimum atomic E-state index is 1.17. The lowest BCUT2D eigenvalue weighted by Crippen LogP contribution is -1.96. The maximum absolute atomic E-state index is 5.65. The van der Waals surface area contributed by atoms with Crippen LogP contribution in [-0.4, -0.2) is 0 Å². The normalized spacial score (nSPS) is 27.8. The fourth-order valence-electron chi connectivity index (χ4n) is 1.20. The fraction of sp³-hybridized carbons (Fsp3) is 0.500. The van der Waals surface area contributed by atoms with E-state index in [1.165, 1.54) is 36.8 Å². The molecule has 1 rings (SSSR count). The van der Waals surface area contributed by atoms with Crippen molar-refractivity contribution in [3.05, 3.63) is 20.8 Å². The van der Waals surface area contributed by atoms with Crippen molar-refractivity contribution in [2.45, 2.75) is 25.7 Å². The van der Waals surface area contributed by atoms with Gasteiger partial charge in [0.05, 0.1) is 0 Å². The van der Waals surface area contributed by atoms with Gasteiger partial charge in [-0.05, 0) is 40.9 Å². The highest BCUT2D eigenvalue weighted by Crippen LogP contribution is 2.29. The zero-order valence-corrected chi connectivity index (χ0v) is 8.65. The molecular formula is C8H10ClI. The summed E-state index contributed by atoms with van der Waals surface area (Å²) < 4.78 is 2.14. The SMILES string of the molecule is Cl/C=C1/CCCC/C1=C/I. The fourth-order valence-corrected chi connectivity index (χ4v) is 2.16. The van der Waals surface area contributed by atoms with Crippen molar-refractivity contribution < 1.29 is 0 Å². The summed E-state index contributed by atoms with van der Waals surface area (Å²) in [7, 11) is 0. The van der Waals surface area contributed by atoms with Gasteiger partial charge in [-0.2, -0.15) is 0 Å². The minimum absolute atomic E-state index is 1.17. The zero-order chi connectivity index (χ0) is 7.40. The van der Waals surface area contributed by atoms with E-state index in [0.717, 1.165) is 0 Å². The van der Waals surface area contributed by atoms with E-state index in [2.05, 4.69) is 26.7 Å². The molecule has 0 atom stereocenters. The molecule has 1 saturated carbocycles. The molecule has 1 aliphatic rings. The molecule has 1 fully saturated rings. The molecule has 0 aromatic rings. The number of halogens is 2. The third-order valence-corrected chi connectivity index (χ3v) is 2.83. The Bertz CT molecular complexity index is 150. The predicted octanol–water partition coefficient (Wildman–Crippen LogP) is 4.00. The molecule has 10 heavy (non-hydrogen) atoms. The van der Waals surface area contributed by atoms with Crippen LogP contribution >= 0.6 is 34.2 Å². The van der Waals surface area contributed by atoms with E-state index in [4.69, 9.17) is 11.6 Å². The predicted molar refractivity (Wildman–Crippen MR) is 54.5 cm³/mol. The van der Waals surface area contributed by atoms with Crippen LogP contribution in [0.25, 0.3) is 0 Å². The lowest BCUT2D eigenvalue weighted by Gasteiger charge is -2.15. The second-order valence-corrected chi connectivity index (χ2v) is 3.32. The molecule has 0 unspecified atom stereocenters. The van der Waals surface area contributed by atoms with Crippen molar-refractivity contribution >= 4 is 34.2 Å². The van der Waals surface area contributed by atoms with Crippen LogP contribution in [0.3, 0.4) is 0 Å². The summed E-state index contributed by atoms with van der Waals surface area (Å²) in [6.45, 7) is 0. The Kier molecular flexibility index (Phi) is 3.78. The Labute approximate surface area is 80.5 Å². The summed E-state index contributed by atoms with van der Waals surface area (Å²) in [5.74, 6) is 0. The van der Waals surface area contributed by atoms with Crippen molar-refractivity contribution in [3.8, 4) is 0 Å². The van der Waals surface area contributed by atoms with Crippen LogP contribution in [0.1, 0.15) is 25.7 Å². The number of allylic oxidation sites excluding steroid dienone is 2. The molecule has 0 N–H and O–H groups in total. The Balaban J connectivity index is 2.69. The highest BCUT2D eigenvalue weighted by molar-refractivity contribution is 14.1. The van der Waals surface area contributed by atoms with E-state index in [-0.39, 0.29) is 0 Å². The van der Waals surface area contributed by atoms with Crippen molar-refractivity contribution in [1.29, 1.82) is 0 Å². The minimum Gasteiger partial charge on any atom is -0.0926 e. The molecule has 56 valence electrons. The summed E-state index contributed by atoms with van der Waals surface area (Å²) in [5.41, 5.74) is 4.49. The van der Waals surface area contributed by atoms with Crippen LogP contribution in [0, 0.1) is 0 Å². The van der Waals surface area contributed by atoms with E-state index in [9.17, 15) is 0 Å². The second-order valence-electron chi connectivity index (χ2n) is 2.48. The summed E-state index contributed by atoms with van der Waals surface area (Å²) in [4.78, 5) is 0. The Morgan fingerprint density at radius 1 is 1.20 bits per heavy atom. The monoisotopic (exact) mass is 268 g/mol. The van der Waals surface area contributed by atoms with E-state index >= 15 is 0 Å². The van der Waals surface area contributed by atoms with Crippen LogP contribution in [-0.2, 0) is 0 Å². The first-order valence-electron chi connectivity index (χ1n) is 3.47. The molecule has 0 aliphatic heterocycles. The average Bonchev–Trinajstić information content (AvgIpc) is 2.04. The number of rotatable bonds is 0. The third-order valence-electron chi connectivity index (χ3n) is 1.82. The lowest BCUT2D eigenvalue weighted by molar-refractivity contribution is 0.681. The van der Waals surface area contributed by atoms with E-state index in [0.29, 0.717) is 0 Å². The van der Waals surface area contributed by atoms with E-state index < -0.39 is 0 Å². The van der Waals surface area contributed by atoms with Crippen LogP contribution < -0.4 is 0 Å². The van der Waals surface area contributed by atoms with Gasteiger partial charge in [-0.3, -0.25) is 0 Å². The van der Waals surface area contributed by atoms with Crippen LogP contribution in [0.2, 0.25) is 0 Å². The number of hydrogen-bond acceptors (Lipinski definition) is 0. The van der Waals surface area contributed by atoms with Crippen LogP contribution in [0.5, 0.6) is 0 Å². The smallest absolute Gasteiger partial charge is 0.00774 e. The Morgan fingerprint density at radius 3 is 2.20 bits per heavy atom. The largest absolute Gasteiger partial charge is 0.0926 e. The Morgan fingerprint density at radius 2 is 1.80 bits per heavy atom. The van der Waals surface area contributed by atoms with Gasteiger partial charge in [0.25, 0.3) is 0 Å². The van der Waals surface area contributed by atoms with Gasteiger partial charge in [0.1, 0.15) is 0 Å². The molecule has 0 nitrogen and oxygen atoms in total. The summed E-state index contributed by atoms with van der Waals surface area (Å²) in [6, 6.07) is 0. The van der Waals surface area contributed by atoms with Gasteiger partial charge in [0.15, 0.2) is 0 Å². The summed E-state index contributed by atoms with van der Waals surface area (Å²) in [6.07, 6.45) is 5.00. The highest BCUT2D eigenvalue weighted by Gasteiger charge is 2.09. The summed E-state index contributed by atoms with van der Waals surface area (Å²) in [5, 5.41) is 0. The van der Waals surface area contributed by atoms with Gasteiger partial charge in [-0.15, -0.1) is 0 Å². The average molecular weight is 269 g/mol. The molecule has 1 aliphatic carbocycles. The maximum atomic E-state index is 5.65. The molecular weight excluding hydrogens is 258 g/mol. The standard InChI is InChI=1S/C8H10ClI/c9-5-7-3-1-2-4-8(7)6-10/h5-6H,1-4H2/b7-5-,8-6-. The molecule has 0 saturated heterocycles. The zero-order valence-electron chi connectivity index (χ0n) is 5.74. The van der Waals surface area contributed by atoms with Gasteiger partial charge in [-0.25, -0.2) is 0 Å². The Hall–Kier alpha value is 0.500. The molecule has 0 aromatic heterocycles. The molecule has 2 heteroatoms. The van der Waals surface area contributed by atoms with Crippen LogP contribution in [0.15, 0.2) is 20.8 Å². The maximum Gasteiger partial charge on any atom is 0.00774 e. The molecule has 0 heterocycles. The van der Waals surface area contributed by atoms with Gasteiger partial charge >= 0.3 is 0 Å². The third kappa shape index (κ3) is 1.99. The highest BCUT2D eigenvalue weighted by atomic mass is 127. The second kappa shape index (κ2) is 4.39. The lowest BCUT2D eigenvalue weighted by atomic mass is 9.92. The van der Waals surface area contributed by atoms with Crippen molar-refractivity contribution in [2.75, 3.05) is 0 Å². The molecule has 0 aromatic carbocycles. The quantitative estimate of drug-likeness (QED) is 0.583. The first kappa shape index (κ1) is 8.60. The first-order chi connectivity index (χ1) is 4.88. The van der Waals surface area contributed by atoms with Crippen molar-refractivity contribution in [2.24, 2.45) is 0 Å². The van der Waals surface area contributed by atoms with Crippen molar-refractivity contribution in [3.63, 3.8) is 0 Å². The van der Waals surface area contributed by atoms with Gasteiger partial charge in [0.2, 0.25) is 0 Å². The topological polar surface area (TPSA) is 0 Å². The first-order valence-corrected chi connectivity index (χ1v) is 5.15. The van der Waals surface area contributed by atoms with Gasteiger partial charge in [-0.1, -0.05) is 34.2 Å². The molecule has 0 radical (unpaired) electrons. The van der Waals surface area contributed by atoms with Gasteiger partial charge < -0.3 is 0 Å². The summed E-state index contributed by atoms with van der Waals surface area (Å²) >= 11 is 7.93. The van der Waals surface area contributed by atoms with E-state index in [1.807, 2.05) is 0 Å². The molecule has 0 bridgehead atoms.